The zero-order valence-corrected chi connectivity index (χ0v) is 21.2. The molecule has 170 valence electrons. The van der Waals surface area contributed by atoms with Crippen molar-refractivity contribution in [1.29, 1.82) is 0 Å². The summed E-state index contributed by atoms with van der Waals surface area (Å²) in [7, 11) is -1.93. The van der Waals surface area contributed by atoms with E-state index in [0.717, 1.165) is 31.2 Å². The highest BCUT2D eigenvalue weighted by Crippen LogP contribution is 2.45. The molecule has 7 heteroatoms. The smallest absolute Gasteiger partial charge is 0.424 e. The minimum absolute atomic E-state index is 0.0404. The van der Waals surface area contributed by atoms with E-state index >= 15 is 0 Å². The third-order valence-electron chi connectivity index (χ3n) is 7.70. The number of nitrogens with zero attached hydrogens (tertiary/aromatic N) is 2. The van der Waals surface area contributed by atoms with Crippen LogP contribution in [0, 0.1) is 12.8 Å². The molecule has 1 saturated heterocycles. The number of aromatic nitrogens is 2. The Balaban J connectivity index is 1.77. The number of aryl methyl sites for hydroxylation is 1. The van der Waals surface area contributed by atoms with Gasteiger partial charge in [0.25, 0.3) is 0 Å². The minimum atomic E-state index is -1.93. The highest BCUT2D eigenvalue weighted by Gasteiger charge is 2.50. The molecule has 2 aliphatic rings. The zero-order valence-electron chi connectivity index (χ0n) is 20.2. The molecule has 3 atom stereocenters. The molecule has 0 saturated carbocycles. The number of ether oxygens (including phenoxy) is 2. The molecule has 1 fully saturated rings. The van der Waals surface area contributed by atoms with Gasteiger partial charge in [0, 0.05) is 0 Å². The van der Waals surface area contributed by atoms with Gasteiger partial charge in [0.2, 0.25) is 6.23 Å². The van der Waals surface area contributed by atoms with Gasteiger partial charge in [-0.05, 0) is 43.8 Å². The summed E-state index contributed by atoms with van der Waals surface area (Å²) in [5.41, 5.74) is 0.770. The van der Waals surface area contributed by atoms with Crippen LogP contribution >= 0.6 is 0 Å². The highest BCUT2D eigenvalue weighted by atomic mass is 28.4. The van der Waals surface area contributed by atoms with Crippen molar-refractivity contribution in [3.05, 3.63) is 22.1 Å². The molecule has 0 unspecified atom stereocenters. The maximum Gasteiger partial charge on any atom is 0.461 e. The van der Waals surface area contributed by atoms with Crippen LogP contribution in [0.4, 0.5) is 0 Å². The second-order valence-corrected chi connectivity index (χ2v) is 15.0. The number of fused-ring (bicyclic) bond motifs is 4. The second kappa shape index (κ2) is 8.75. The molecule has 3 heterocycles. The fourth-order valence-corrected chi connectivity index (χ4v) is 6.60. The third-order valence-corrected chi connectivity index (χ3v) is 12.3. The van der Waals surface area contributed by atoms with Crippen molar-refractivity contribution in [2.75, 3.05) is 6.61 Å². The van der Waals surface area contributed by atoms with Gasteiger partial charge in [-0.2, -0.15) is 9.13 Å². The topological polar surface area (TPSA) is 53.6 Å². The van der Waals surface area contributed by atoms with Crippen LogP contribution in [0.3, 0.4) is 0 Å². The Morgan fingerprint density at radius 1 is 1.33 bits per heavy atom. The quantitative estimate of drug-likeness (QED) is 0.328. The number of hydrogen-bond donors (Lipinski definition) is 0. The molecule has 1 aromatic rings. The Kier molecular flexibility index (Phi) is 6.85. The van der Waals surface area contributed by atoms with Gasteiger partial charge in [0.05, 0.1) is 25.1 Å². The minimum Gasteiger partial charge on any atom is -0.424 e. The number of rotatable bonds is 9. The number of hydrogen-bond acceptors (Lipinski definition) is 4. The van der Waals surface area contributed by atoms with Gasteiger partial charge in [-0.15, -0.1) is 0 Å². The molecule has 6 nitrogen and oxygen atoms in total. The van der Waals surface area contributed by atoms with E-state index in [4.69, 9.17) is 13.9 Å². The summed E-state index contributed by atoms with van der Waals surface area (Å²) >= 11 is 0. The lowest BCUT2D eigenvalue weighted by Crippen LogP contribution is -2.50. The summed E-state index contributed by atoms with van der Waals surface area (Å²) in [6, 6.07) is 0.643. The molecular weight excluding hydrogens is 396 g/mol. The Bertz CT molecular complexity index is 818. The van der Waals surface area contributed by atoms with Crippen molar-refractivity contribution < 1.29 is 18.5 Å². The predicted molar refractivity (Wildman–Crippen MR) is 120 cm³/mol. The zero-order chi connectivity index (χ0) is 22.3. The monoisotopic (exact) mass is 437 g/mol. The Morgan fingerprint density at radius 3 is 2.67 bits per heavy atom. The summed E-state index contributed by atoms with van der Waals surface area (Å²) < 4.78 is 23.1. The number of unbranched alkanes of at least 4 members (excludes halogenated alkanes) is 2. The van der Waals surface area contributed by atoms with Crippen LogP contribution < -0.4 is 14.9 Å². The highest BCUT2D eigenvalue weighted by molar-refractivity contribution is 6.74. The van der Waals surface area contributed by atoms with Gasteiger partial charge in [-0.25, -0.2) is 4.79 Å². The van der Waals surface area contributed by atoms with Crippen molar-refractivity contribution >= 4 is 8.32 Å². The summed E-state index contributed by atoms with van der Waals surface area (Å²) in [4.78, 5) is 12.8. The van der Waals surface area contributed by atoms with Crippen LogP contribution in [-0.4, -0.2) is 31.7 Å². The van der Waals surface area contributed by atoms with E-state index in [1.54, 1.807) is 4.57 Å². The van der Waals surface area contributed by atoms with E-state index < -0.39 is 8.32 Å². The van der Waals surface area contributed by atoms with E-state index in [2.05, 4.69) is 47.7 Å². The van der Waals surface area contributed by atoms with Gasteiger partial charge in [0.15, 0.2) is 8.32 Å². The van der Waals surface area contributed by atoms with Crippen LogP contribution in [0.2, 0.25) is 18.1 Å². The van der Waals surface area contributed by atoms with Crippen LogP contribution in [0.5, 0.6) is 6.01 Å². The molecule has 0 radical (unpaired) electrons. The van der Waals surface area contributed by atoms with Crippen molar-refractivity contribution in [2.24, 2.45) is 5.92 Å². The normalized spacial score (nSPS) is 23.6. The molecule has 1 aromatic heterocycles. The lowest BCUT2D eigenvalue weighted by atomic mass is 9.99. The second-order valence-electron chi connectivity index (χ2n) is 10.4. The van der Waals surface area contributed by atoms with E-state index in [1.165, 1.54) is 0 Å². The van der Waals surface area contributed by atoms with E-state index in [-0.39, 0.29) is 29.0 Å². The van der Waals surface area contributed by atoms with Crippen LogP contribution in [-0.2, 0) is 15.7 Å². The van der Waals surface area contributed by atoms with E-state index in [0.29, 0.717) is 25.1 Å². The average molecular weight is 438 g/mol. The first-order valence-electron chi connectivity index (χ1n) is 11.6. The lowest BCUT2D eigenvalue weighted by Gasteiger charge is -2.43. The van der Waals surface area contributed by atoms with Crippen molar-refractivity contribution in [3.8, 4) is 6.01 Å². The predicted octanol–water partition coefficient (Wildman–Crippen LogP) is 4.34. The molecule has 2 aliphatic heterocycles. The first kappa shape index (κ1) is 23.5. The molecule has 0 spiro atoms. The summed E-state index contributed by atoms with van der Waals surface area (Å²) in [5, 5.41) is 0.163. The van der Waals surface area contributed by atoms with Crippen LogP contribution in [0.1, 0.15) is 72.1 Å². The molecule has 0 aromatic carbocycles. The first-order valence-corrected chi connectivity index (χ1v) is 14.5. The van der Waals surface area contributed by atoms with Gasteiger partial charge < -0.3 is 13.9 Å². The van der Waals surface area contributed by atoms with Crippen molar-refractivity contribution in [3.63, 3.8) is 0 Å². The SMILES string of the molecule is CCCCCn1c2[n+](cc(C)c1=O)[C@H]1C[C@H](O2)[C@@H](CO[Si](C)(C)C(C)(C)C(C)C)O1. The molecule has 0 N–H and O–H groups in total. The van der Waals surface area contributed by atoms with Gasteiger partial charge in [-0.3, -0.25) is 0 Å². The van der Waals surface area contributed by atoms with Crippen LogP contribution in [0.25, 0.3) is 0 Å². The maximum atomic E-state index is 12.8. The Labute approximate surface area is 182 Å². The molecule has 0 amide bonds. The lowest BCUT2D eigenvalue weighted by molar-refractivity contribution is -0.770. The van der Waals surface area contributed by atoms with E-state index in [1.807, 2.05) is 17.7 Å². The summed E-state index contributed by atoms with van der Waals surface area (Å²) in [5.74, 6) is 0.555. The fourth-order valence-electron chi connectivity index (χ4n) is 4.26. The van der Waals surface area contributed by atoms with Gasteiger partial charge >= 0.3 is 11.6 Å². The van der Waals surface area contributed by atoms with Crippen molar-refractivity contribution in [2.45, 2.75) is 110 Å². The third kappa shape index (κ3) is 4.25. The first-order chi connectivity index (χ1) is 14.0. The molecule has 0 aliphatic carbocycles. The van der Waals surface area contributed by atoms with E-state index in [9.17, 15) is 4.79 Å². The Morgan fingerprint density at radius 2 is 2.03 bits per heavy atom. The molecular formula is C23H41N2O4Si+. The average Bonchev–Trinajstić information content (AvgIpc) is 3.01. The van der Waals surface area contributed by atoms with Crippen molar-refractivity contribution in [1.82, 2.24) is 4.57 Å². The molecule has 30 heavy (non-hydrogen) atoms. The van der Waals surface area contributed by atoms with Crippen LogP contribution in [0.15, 0.2) is 11.0 Å². The molecule has 3 rings (SSSR count). The van der Waals surface area contributed by atoms with Gasteiger partial charge in [0.1, 0.15) is 18.4 Å². The fraction of sp³-hybridized carbons (Fsp3) is 0.826. The maximum absolute atomic E-state index is 12.8. The largest absolute Gasteiger partial charge is 0.461 e. The summed E-state index contributed by atoms with van der Waals surface area (Å²) in [6.45, 7) is 19.0. The Hall–Kier alpha value is -1.18. The molecule has 2 bridgehead atoms. The standard InChI is InChI=1S/C23H41N2O4Si/c1-9-10-11-12-24-21(26)17(4)14-25-20-13-18(29-22(24)25)19(28-20)15-27-30(7,8)23(5,6)16(2)3/h14,16,18-20H,9-13,15H2,1-8H3/q+1/t18-,19+,20+/m0/s1. The van der Waals surface area contributed by atoms with Gasteiger partial charge in [-0.1, -0.05) is 41.0 Å². The summed E-state index contributed by atoms with van der Waals surface area (Å²) in [6.07, 6.45) is 5.62.